The van der Waals surface area contributed by atoms with Crippen molar-refractivity contribution >= 4 is 23.5 Å². The highest BCUT2D eigenvalue weighted by molar-refractivity contribution is 6.10. The predicted octanol–water partition coefficient (Wildman–Crippen LogP) is 0.589. The lowest BCUT2D eigenvalue weighted by molar-refractivity contribution is -0.147. The molecule has 0 atom stereocenters. The minimum Gasteiger partial charge on any atom is -0.480 e. The van der Waals surface area contributed by atoms with Crippen LogP contribution in [0.3, 0.4) is 0 Å². The molecule has 0 unspecified atom stereocenters. The quantitative estimate of drug-likeness (QED) is 0.677. The highest BCUT2D eigenvalue weighted by Gasteiger charge is 2.57. The minimum atomic E-state index is -1.28. The monoisotopic (exact) mass is 248 g/mol. The van der Waals surface area contributed by atoms with E-state index in [1.165, 1.54) is 24.3 Å². The van der Waals surface area contributed by atoms with Crippen molar-refractivity contribution in [1.29, 1.82) is 0 Å². The summed E-state index contributed by atoms with van der Waals surface area (Å²) in [5.74, 6) is -2.19. The molecule has 2 amide bonds. The van der Waals surface area contributed by atoms with Crippen molar-refractivity contribution in [3.63, 3.8) is 0 Å². The molecule has 0 heterocycles. The van der Waals surface area contributed by atoms with Crippen LogP contribution in [0.4, 0.5) is 5.69 Å². The number of rotatable bonds is 4. The van der Waals surface area contributed by atoms with Gasteiger partial charge in [-0.3, -0.25) is 14.4 Å². The number of aliphatic carboxylic acids is 1. The third-order valence-corrected chi connectivity index (χ3v) is 3.02. The number of nitrogens with two attached hydrogens (primary N) is 1. The van der Waals surface area contributed by atoms with Crippen LogP contribution < -0.4 is 11.1 Å². The van der Waals surface area contributed by atoms with Crippen LogP contribution in [0.25, 0.3) is 0 Å². The van der Waals surface area contributed by atoms with E-state index in [9.17, 15) is 14.4 Å². The number of benzene rings is 1. The summed E-state index contributed by atoms with van der Waals surface area (Å²) < 4.78 is 0. The summed E-state index contributed by atoms with van der Waals surface area (Å²) in [5, 5.41) is 11.5. The Labute approximate surface area is 103 Å². The molecule has 4 N–H and O–H groups in total. The number of carboxylic acids is 1. The normalized spacial score (nSPS) is 15.8. The summed E-state index contributed by atoms with van der Waals surface area (Å²) in [5.41, 5.74) is 4.57. The average Bonchev–Trinajstić information content (AvgIpc) is 3.10. The molecule has 0 radical (unpaired) electrons. The number of carboxylic acid groups (broad SMARTS) is 1. The third kappa shape index (κ3) is 2.04. The molecule has 0 spiro atoms. The highest BCUT2D eigenvalue weighted by atomic mass is 16.4. The molecule has 0 aromatic heterocycles. The first-order valence-electron chi connectivity index (χ1n) is 5.40. The largest absolute Gasteiger partial charge is 0.480 e. The van der Waals surface area contributed by atoms with Crippen molar-refractivity contribution in [1.82, 2.24) is 0 Å². The maximum absolute atomic E-state index is 11.8. The van der Waals surface area contributed by atoms with Crippen molar-refractivity contribution in [2.24, 2.45) is 11.1 Å². The zero-order chi connectivity index (χ0) is 13.3. The van der Waals surface area contributed by atoms with Gasteiger partial charge in [0.25, 0.3) is 0 Å². The van der Waals surface area contributed by atoms with Crippen LogP contribution in [0.1, 0.15) is 23.2 Å². The van der Waals surface area contributed by atoms with Gasteiger partial charge < -0.3 is 16.2 Å². The van der Waals surface area contributed by atoms with Gasteiger partial charge in [-0.05, 0) is 37.1 Å². The van der Waals surface area contributed by atoms with Crippen molar-refractivity contribution in [2.45, 2.75) is 12.8 Å². The SMILES string of the molecule is NC(=O)c1ccc(NC(=O)C2(C(=O)O)CC2)cc1. The molecule has 1 aromatic carbocycles. The van der Waals surface area contributed by atoms with E-state index in [1.54, 1.807) is 0 Å². The van der Waals surface area contributed by atoms with Crippen molar-refractivity contribution in [3.8, 4) is 0 Å². The van der Waals surface area contributed by atoms with E-state index in [2.05, 4.69) is 5.32 Å². The second-order valence-electron chi connectivity index (χ2n) is 4.28. The topological polar surface area (TPSA) is 109 Å². The van der Waals surface area contributed by atoms with Gasteiger partial charge in [-0.1, -0.05) is 0 Å². The number of carbonyl (C=O) groups is 3. The van der Waals surface area contributed by atoms with Crippen molar-refractivity contribution in [3.05, 3.63) is 29.8 Å². The molecule has 0 saturated heterocycles. The Hall–Kier alpha value is -2.37. The molecule has 1 aromatic rings. The molecular formula is C12H12N2O4. The Morgan fingerprint density at radius 1 is 1.17 bits per heavy atom. The van der Waals surface area contributed by atoms with Gasteiger partial charge in [-0.25, -0.2) is 0 Å². The molecule has 94 valence electrons. The van der Waals surface area contributed by atoms with E-state index in [1.807, 2.05) is 0 Å². The Morgan fingerprint density at radius 2 is 1.72 bits per heavy atom. The van der Waals surface area contributed by atoms with E-state index in [0.29, 0.717) is 24.1 Å². The lowest BCUT2D eigenvalue weighted by atomic mass is 10.1. The van der Waals surface area contributed by atoms with Crippen LogP contribution in [0.15, 0.2) is 24.3 Å². The van der Waals surface area contributed by atoms with Crippen molar-refractivity contribution in [2.75, 3.05) is 5.32 Å². The van der Waals surface area contributed by atoms with Gasteiger partial charge in [0.2, 0.25) is 11.8 Å². The van der Waals surface area contributed by atoms with Crippen molar-refractivity contribution < 1.29 is 19.5 Å². The Bertz CT molecular complexity index is 517. The molecule has 6 nitrogen and oxygen atoms in total. The van der Waals surface area contributed by atoms with Gasteiger partial charge in [-0.15, -0.1) is 0 Å². The van der Waals surface area contributed by atoms with Crippen LogP contribution >= 0.6 is 0 Å². The maximum Gasteiger partial charge on any atom is 0.319 e. The molecular weight excluding hydrogens is 236 g/mol. The maximum atomic E-state index is 11.8. The summed E-state index contributed by atoms with van der Waals surface area (Å²) >= 11 is 0. The third-order valence-electron chi connectivity index (χ3n) is 3.02. The number of nitrogens with one attached hydrogen (secondary N) is 1. The van der Waals surface area contributed by atoms with E-state index in [4.69, 9.17) is 10.8 Å². The zero-order valence-electron chi connectivity index (χ0n) is 9.47. The molecule has 1 aliphatic carbocycles. The number of hydrogen-bond acceptors (Lipinski definition) is 3. The highest BCUT2D eigenvalue weighted by Crippen LogP contribution is 2.46. The fourth-order valence-corrected chi connectivity index (χ4v) is 1.63. The van der Waals surface area contributed by atoms with Gasteiger partial charge in [0.05, 0.1) is 0 Å². The number of carbonyl (C=O) groups excluding carboxylic acids is 2. The summed E-state index contributed by atoms with van der Waals surface area (Å²) in [7, 11) is 0. The first-order valence-corrected chi connectivity index (χ1v) is 5.40. The number of hydrogen-bond donors (Lipinski definition) is 3. The van der Waals surface area contributed by atoms with E-state index in [-0.39, 0.29) is 0 Å². The molecule has 18 heavy (non-hydrogen) atoms. The molecule has 1 saturated carbocycles. The summed E-state index contributed by atoms with van der Waals surface area (Å²) in [4.78, 5) is 33.6. The molecule has 1 aliphatic rings. The van der Waals surface area contributed by atoms with Crippen LogP contribution in [-0.4, -0.2) is 22.9 Å². The van der Waals surface area contributed by atoms with Gasteiger partial charge in [0, 0.05) is 11.3 Å². The lowest BCUT2D eigenvalue weighted by Gasteiger charge is -2.10. The van der Waals surface area contributed by atoms with Gasteiger partial charge >= 0.3 is 5.97 Å². The standard InChI is InChI=1S/C12H12N2O4/c13-9(15)7-1-3-8(4-2-7)14-10(16)12(5-6-12)11(17)18/h1-4H,5-6H2,(H2,13,15)(H,14,16)(H,17,18). The Kier molecular flexibility index (Phi) is 2.78. The fraction of sp³-hybridized carbons (Fsp3) is 0.250. The summed E-state index contributed by atoms with van der Waals surface area (Å²) in [6, 6.07) is 5.96. The van der Waals surface area contributed by atoms with Crippen LogP contribution in [0, 0.1) is 5.41 Å². The second kappa shape index (κ2) is 4.14. The van der Waals surface area contributed by atoms with Gasteiger partial charge in [-0.2, -0.15) is 0 Å². The van der Waals surface area contributed by atoms with Gasteiger partial charge in [0.1, 0.15) is 5.41 Å². The second-order valence-corrected chi connectivity index (χ2v) is 4.28. The van der Waals surface area contributed by atoms with Gasteiger partial charge in [0.15, 0.2) is 0 Å². The predicted molar refractivity (Wildman–Crippen MR) is 62.9 cm³/mol. The Balaban J connectivity index is 2.08. The molecule has 6 heteroatoms. The average molecular weight is 248 g/mol. The number of primary amides is 1. The van der Waals surface area contributed by atoms with Crippen LogP contribution in [0.5, 0.6) is 0 Å². The first-order chi connectivity index (χ1) is 8.45. The molecule has 1 fully saturated rings. The van der Waals surface area contributed by atoms with E-state index >= 15 is 0 Å². The zero-order valence-corrected chi connectivity index (χ0v) is 9.47. The number of amides is 2. The smallest absolute Gasteiger partial charge is 0.319 e. The molecule has 0 bridgehead atoms. The fourth-order valence-electron chi connectivity index (χ4n) is 1.63. The minimum absolute atomic E-state index is 0.326. The molecule has 0 aliphatic heterocycles. The lowest BCUT2D eigenvalue weighted by Crippen LogP contribution is -2.31. The van der Waals surface area contributed by atoms with E-state index < -0.39 is 23.2 Å². The van der Waals surface area contributed by atoms with Crippen LogP contribution in [-0.2, 0) is 9.59 Å². The summed E-state index contributed by atoms with van der Waals surface area (Å²) in [6.07, 6.45) is 0.709. The summed E-state index contributed by atoms with van der Waals surface area (Å²) in [6.45, 7) is 0. The van der Waals surface area contributed by atoms with E-state index in [0.717, 1.165) is 0 Å². The van der Waals surface area contributed by atoms with Crippen LogP contribution in [0.2, 0.25) is 0 Å². The number of anilines is 1. The Morgan fingerprint density at radius 3 is 2.11 bits per heavy atom. The molecule has 2 rings (SSSR count). The first kappa shape index (κ1) is 12.1.